The van der Waals surface area contributed by atoms with Gasteiger partial charge in [0.25, 0.3) is 0 Å². The van der Waals surface area contributed by atoms with Crippen molar-refractivity contribution in [3.8, 4) is 0 Å². The minimum atomic E-state index is 1.10. The van der Waals surface area contributed by atoms with Crippen LogP contribution in [0.15, 0.2) is 10.6 Å². The van der Waals surface area contributed by atoms with Gasteiger partial charge in [-0.25, -0.2) is 4.75 Å². The first-order valence-corrected chi connectivity index (χ1v) is 3.05. The van der Waals surface area contributed by atoms with Crippen molar-refractivity contribution in [2.45, 2.75) is 0 Å². The molecule has 1 nitrogen and oxygen atoms in total. The van der Waals surface area contributed by atoms with Gasteiger partial charge in [0.1, 0.15) is 0 Å². The van der Waals surface area contributed by atoms with E-state index in [0.29, 0.717) is 0 Å². The molecular weight excluding hydrogens is 101 g/mol. The molecule has 0 aliphatic rings. The van der Waals surface area contributed by atoms with E-state index in [1.165, 1.54) is 0 Å². The van der Waals surface area contributed by atoms with Gasteiger partial charge in [-0.05, 0) is 0 Å². The number of nitrogens with zero attached hydrogens (tertiary/aromatic N) is 1. The molecule has 0 fully saturated rings. The normalized spacial score (nSPS) is 9.60. The fraction of sp³-hybridized carbons (Fsp3) is 0. The van der Waals surface area contributed by atoms with Gasteiger partial charge in [-0.1, -0.05) is 0 Å². The Balaban J connectivity index is 3.13. The molecule has 1 heterocycles. The van der Waals surface area contributed by atoms with Gasteiger partial charge >= 0.3 is 0 Å². The number of rotatable bonds is 0. The molecule has 0 aliphatic heterocycles. The van der Waals surface area contributed by atoms with Crippen molar-refractivity contribution in [1.82, 2.24) is 4.75 Å². The second-order valence-electron chi connectivity index (χ2n) is 0.578. The maximum Gasteiger partial charge on any atom is 0.0844 e. The molecule has 1 aromatic rings. The Morgan fingerprint density at radius 3 is 3.00 bits per heavy atom. The topological polar surface area (TPSA) is 12.9 Å². The highest BCUT2D eigenvalue weighted by molar-refractivity contribution is 7.34. The summed E-state index contributed by atoms with van der Waals surface area (Å²) in [4.78, 5) is 0. The quantitative estimate of drug-likeness (QED) is 0.487. The highest BCUT2D eigenvalue weighted by atomic mass is 32.1. The maximum atomic E-state index is 3.84. The van der Waals surface area contributed by atoms with E-state index in [1.54, 1.807) is 11.3 Å². The fourth-order valence-corrected chi connectivity index (χ4v) is 1.22. The Morgan fingerprint density at radius 1 is 1.80 bits per heavy atom. The van der Waals surface area contributed by atoms with E-state index in [1.807, 2.05) is 10.6 Å². The van der Waals surface area contributed by atoms with Crippen molar-refractivity contribution >= 4 is 19.7 Å². The Bertz CT molecular complexity index is 66.1. The lowest BCUT2D eigenvalue weighted by Crippen LogP contribution is -1.26. The van der Waals surface area contributed by atoms with Crippen LogP contribution in [0.4, 0.5) is 0 Å². The first-order chi connectivity index (χ1) is 2.50. The molecule has 0 N–H and O–H groups in total. The second-order valence-corrected chi connectivity index (χ2v) is 2.37. The molecule has 0 saturated heterocycles. The molecule has 0 saturated carbocycles. The molecule has 3 heteroatoms. The minimum absolute atomic E-state index is 1.10. The monoisotopic (exact) mass is 103 g/mol. The average molecular weight is 103 g/mol. The van der Waals surface area contributed by atoms with E-state index in [-0.39, 0.29) is 0 Å². The lowest BCUT2D eigenvalue weighted by Gasteiger charge is -1.39. The molecule has 0 aliphatic carbocycles. The van der Waals surface area contributed by atoms with Crippen molar-refractivity contribution < 1.29 is 0 Å². The van der Waals surface area contributed by atoms with Crippen LogP contribution in [-0.2, 0) is 0 Å². The summed E-state index contributed by atoms with van der Waals surface area (Å²) in [6, 6.07) is 0. The lowest BCUT2D eigenvalue weighted by molar-refractivity contribution is 1.65. The third kappa shape index (κ3) is 0.673. The predicted molar refractivity (Wildman–Crippen MR) is 24.6 cm³/mol. The van der Waals surface area contributed by atoms with Gasteiger partial charge in [-0.3, -0.25) is 0 Å². The zero-order valence-corrected chi connectivity index (χ0v) is 4.17. The standard InChI is InChI=1S/C2H2NPS/c1-3-4-2-5-1/h1-2H. The van der Waals surface area contributed by atoms with E-state index in [4.69, 9.17) is 0 Å². The molecule has 0 spiro atoms. The van der Waals surface area contributed by atoms with Crippen LogP contribution in [0.1, 0.15) is 0 Å². The van der Waals surface area contributed by atoms with Gasteiger partial charge in [0.2, 0.25) is 0 Å². The van der Waals surface area contributed by atoms with E-state index in [2.05, 4.69) is 4.75 Å². The summed E-state index contributed by atoms with van der Waals surface area (Å²) < 4.78 is 3.84. The zero-order chi connectivity index (χ0) is 3.54. The SMILES string of the molecule is c1npcs1. The summed E-state index contributed by atoms with van der Waals surface area (Å²) in [5, 5.41) is 2.03. The highest BCUT2D eigenvalue weighted by Crippen LogP contribution is 2.01. The largest absolute Gasteiger partial charge is 0.224 e. The Kier molecular flexibility index (Phi) is 0.967. The van der Waals surface area contributed by atoms with Crippen LogP contribution in [0.3, 0.4) is 0 Å². The number of aromatic nitrogens is 1. The zero-order valence-electron chi connectivity index (χ0n) is 2.46. The molecule has 0 amide bonds. The molecule has 0 bridgehead atoms. The van der Waals surface area contributed by atoms with Crippen LogP contribution < -0.4 is 0 Å². The highest BCUT2D eigenvalue weighted by Gasteiger charge is 1.60. The van der Waals surface area contributed by atoms with Crippen LogP contribution in [0.2, 0.25) is 0 Å². The van der Waals surface area contributed by atoms with E-state index in [9.17, 15) is 0 Å². The van der Waals surface area contributed by atoms with Crippen LogP contribution in [-0.4, -0.2) is 4.75 Å². The van der Waals surface area contributed by atoms with Crippen LogP contribution in [0.5, 0.6) is 0 Å². The predicted octanol–water partition coefficient (Wildman–Crippen LogP) is 1.72. The van der Waals surface area contributed by atoms with Crippen molar-refractivity contribution in [2.75, 3.05) is 0 Å². The summed E-state index contributed by atoms with van der Waals surface area (Å²) in [5.74, 6) is 0. The second kappa shape index (κ2) is 1.48. The molecular formula is C2H2NPS. The molecule has 0 atom stereocenters. The van der Waals surface area contributed by atoms with Crippen LogP contribution in [0, 0.1) is 0 Å². The van der Waals surface area contributed by atoms with Crippen molar-refractivity contribution in [1.29, 1.82) is 0 Å². The molecule has 26 valence electrons. The molecule has 0 radical (unpaired) electrons. The summed E-state index contributed by atoms with van der Waals surface area (Å²) in [5.41, 5.74) is 1.83. The minimum Gasteiger partial charge on any atom is -0.224 e. The third-order valence-corrected chi connectivity index (χ3v) is 1.78. The van der Waals surface area contributed by atoms with E-state index in [0.717, 1.165) is 8.35 Å². The first kappa shape index (κ1) is 3.26. The van der Waals surface area contributed by atoms with Gasteiger partial charge in [0, 0.05) is 13.5 Å². The molecule has 0 aromatic carbocycles. The van der Waals surface area contributed by atoms with Crippen LogP contribution >= 0.6 is 19.7 Å². The maximum absolute atomic E-state index is 3.84. The Hall–Kier alpha value is 0.0600. The Labute approximate surface area is 35.8 Å². The summed E-state index contributed by atoms with van der Waals surface area (Å²) >= 11 is 1.65. The fourth-order valence-electron chi connectivity index (χ4n) is 0.136. The molecule has 1 aromatic heterocycles. The van der Waals surface area contributed by atoms with E-state index >= 15 is 0 Å². The number of hydrogen-bond donors (Lipinski definition) is 0. The van der Waals surface area contributed by atoms with Crippen molar-refractivity contribution in [3.63, 3.8) is 0 Å². The Morgan fingerprint density at radius 2 is 2.80 bits per heavy atom. The van der Waals surface area contributed by atoms with Gasteiger partial charge in [0.15, 0.2) is 0 Å². The van der Waals surface area contributed by atoms with Crippen LogP contribution in [0.25, 0.3) is 0 Å². The third-order valence-electron chi connectivity index (χ3n) is 0.283. The summed E-state index contributed by atoms with van der Waals surface area (Å²) in [6.07, 6.45) is 0. The lowest BCUT2D eigenvalue weighted by atomic mass is 11.7. The molecule has 5 heavy (non-hydrogen) atoms. The van der Waals surface area contributed by atoms with Crippen molar-refractivity contribution in [2.24, 2.45) is 0 Å². The smallest absolute Gasteiger partial charge is 0.0844 e. The summed E-state index contributed by atoms with van der Waals surface area (Å²) in [7, 11) is 1.10. The molecule has 0 unspecified atom stereocenters. The van der Waals surface area contributed by atoms with E-state index < -0.39 is 0 Å². The van der Waals surface area contributed by atoms with Gasteiger partial charge < -0.3 is 0 Å². The molecule has 1 rings (SSSR count). The first-order valence-electron chi connectivity index (χ1n) is 1.19. The number of hydrogen-bond acceptors (Lipinski definition) is 2. The van der Waals surface area contributed by atoms with Crippen molar-refractivity contribution in [3.05, 3.63) is 10.6 Å². The van der Waals surface area contributed by atoms with Gasteiger partial charge in [-0.2, -0.15) is 0 Å². The van der Waals surface area contributed by atoms with Gasteiger partial charge in [0.05, 0.1) is 5.51 Å². The average Bonchev–Trinajstić information content (AvgIpc) is 1.76. The van der Waals surface area contributed by atoms with Gasteiger partial charge in [-0.15, -0.1) is 11.3 Å². The summed E-state index contributed by atoms with van der Waals surface area (Å²) in [6.45, 7) is 0.